The van der Waals surface area contributed by atoms with Gasteiger partial charge in [0.15, 0.2) is 0 Å². The average Bonchev–Trinajstić information content (AvgIpc) is 3.38. The Balaban J connectivity index is 1.43. The summed E-state index contributed by atoms with van der Waals surface area (Å²) in [7, 11) is 0. The van der Waals surface area contributed by atoms with E-state index in [0.29, 0.717) is 23.6 Å². The molecule has 0 saturated carbocycles. The van der Waals surface area contributed by atoms with Crippen molar-refractivity contribution in [1.82, 2.24) is 24.3 Å². The van der Waals surface area contributed by atoms with Crippen molar-refractivity contribution in [2.75, 3.05) is 11.9 Å². The van der Waals surface area contributed by atoms with Crippen LogP contribution in [0.4, 0.5) is 5.69 Å². The summed E-state index contributed by atoms with van der Waals surface area (Å²) in [6.45, 7) is 1.52. The minimum absolute atomic E-state index is 0.208. The summed E-state index contributed by atoms with van der Waals surface area (Å²) in [5.74, 6) is 0.430. The number of ether oxygens (including phenoxy) is 1. The highest BCUT2D eigenvalue weighted by molar-refractivity contribution is 6.04. The summed E-state index contributed by atoms with van der Waals surface area (Å²) in [5.41, 5.74) is 1.18. The highest BCUT2D eigenvalue weighted by Crippen LogP contribution is 2.15. The van der Waals surface area contributed by atoms with Gasteiger partial charge < -0.3 is 10.1 Å². The third kappa shape index (κ3) is 3.58. The molecule has 4 rings (SSSR count). The zero-order chi connectivity index (χ0) is 17.1. The van der Waals surface area contributed by atoms with Crippen LogP contribution in [-0.2, 0) is 11.3 Å². The van der Waals surface area contributed by atoms with Gasteiger partial charge in [-0.15, -0.1) is 0 Å². The summed E-state index contributed by atoms with van der Waals surface area (Å²) >= 11 is 0. The van der Waals surface area contributed by atoms with Gasteiger partial charge in [-0.1, -0.05) is 0 Å². The molecule has 0 aliphatic carbocycles. The monoisotopic (exact) mass is 338 g/mol. The third-order valence-electron chi connectivity index (χ3n) is 4.08. The molecule has 1 amide bonds. The molecule has 1 aliphatic rings. The van der Waals surface area contributed by atoms with Crippen molar-refractivity contribution >= 4 is 11.6 Å². The van der Waals surface area contributed by atoms with Gasteiger partial charge in [-0.2, -0.15) is 5.10 Å². The Bertz CT molecular complexity index is 852. The van der Waals surface area contributed by atoms with Crippen LogP contribution in [0.15, 0.2) is 49.4 Å². The van der Waals surface area contributed by atoms with Gasteiger partial charge in [0.1, 0.15) is 12.1 Å². The van der Waals surface area contributed by atoms with E-state index in [2.05, 4.69) is 20.4 Å². The van der Waals surface area contributed by atoms with E-state index in [4.69, 9.17) is 4.74 Å². The molecular formula is C17H18N6O2. The summed E-state index contributed by atoms with van der Waals surface area (Å²) < 4.78 is 9.15. The van der Waals surface area contributed by atoms with Gasteiger partial charge in [-0.25, -0.2) is 9.97 Å². The fraction of sp³-hybridized carbons (Fsp3) is 0.294. The highest BCUT2D eigenvalue weighted by atomic mass is 16.5. The Morgan fingerprint density at radius 3 is 3.16 bits per heavy atom. The molecule has 1 atom stereocenters. The van der Waals surface area contributed by atoms with Gasteiger partial charge in [0.05, 0.1) is 24.5 Å². The summed E-state index contributed by atoms with van der Waals surface area (Å²) in [5, 5.41) is 7.14. The van der Waals surface area contributed by atoms with Crippen molar-refractivity contribution in [3.05, 3.63) is 55.0 Å². The second kappa shape index (κ2) is 6.86. The maximum Gasteiger partial charge on any atom is 0.255 e. The smallest absolute Gasteiger partial charge is 0.255 e. The van der Waals surface area contributed by atoms with Crippen LogP contribution >= 0.6 is 0 Å². The van der Waals surface area contributed by atoms with Crippen molar-refractivity contribution in [3.63, 3.8) is 0 Å². The molecule has 25 heavy (non-hydrogen) atoms. The molecule has 0 bridgehead atoms. The summed E-state index contributed by atoms with van der Waals surface area (Å²) in [6, 6.07) is 3.39. The van der Waals surface area contributed by atoms with E-state index in [0.717, 1.165) is 19.4 Å². The van der Waals surface area contributed by atoms with Crippen LogP contribution in [0.2, 0.25) is 0 Å². The molecule has 1 fully saturated rings. The van der Waals surface area contributed by atoms with Crippen molar-refractivity contribution in [2.45, 2.75) is 25.5 Å². The molecule has 1 N–H and O–H groups in total. The number of nitrogens with one attached hydrogen (secondary N) is 1. The second-order valence-corrected chi connectivity index (χ2v) is 5.91. The lowest BCUT2D eigenvalue weighted by Gasteiger charge is -2.08. The SMILES string of the molecule is O=C(Nc1cnn(CC2CCCO2)c1)c1ccnc(-n2ccnc2)c1. The fourth-order valence-electron chi connectivity index (χ4n) is 2.82. The number of hydrogen-bond donors (Lipinski definition) is 1. The number of aromatic nitrogens is 5. The number of amides is 1. The van der Waals surface area contributed by atoms with Crippen molar-refractivity contribution in [1.29, 1.82) is 0 Å². The fourth-order valence-corrected chi connectivity index (χ4v) is 2.82. The molecule has 128 valence electrons. The maximum atomic E-state index is 12.5. The van der Waals surface area contributed by atoms with Gasteiger partial charge in [-0.05, 0) is 25.0 Å². The van der Waals surface area contributed by atoms with Gasteiger partial charge in [0, 0.05) is 37.0 Å². The third-order valence-corrected chi connectivity index (χ3v) is 4.08. The highest BCUT2D eigenvalue weighted by Gasteiger charge is 2.17. The van der Waals surface area contributed by atoms with E-state index in [-0.39, 0.29) is 12.0 Å². The number of anilines is 1. The van der Waals surface area contributed by atoms with Crippen molar-refractivity contribution in [2.24, 2.45) is 0 Å². The van der Waals surface area contributed by atoms with E-state index in [1.807, 2.05) is 6.20 Å². The first-order valence-electron chi connectivity index (χ1n) is 8.18. The van der Waals surface area contributed by atoms with E-state index >= 15 is 0 Å². The number of hydrogen-bond acceptors (Lipinski definition) is 5. The minimum atomic E-state index is -0.208. The number of rotatable bonds is 5. The van der Waals surface area contributed by atoms with Crippen LogP contribution in [0.3, 0.4) is 0 Å². The predicted molar refractivity (Wildman–Crippen MR) is 90.5 cm³/mol. The van der Waals surface area contributed by atoms with Crippen LogP contribution in [-0.4, -0.2) is 42.9 Å². The molecule has 8 heteroatoms. The molecule has 8 nitrogen and oxygen atoms in total. The molecule has 1 saturated heterocycles. The normalized spacial score (nSPS) is 16.9. The molecule has 1 aliphatic heterocycles. The maximum absolute atomic E-state index is 12.5. The van der Waals surface area contributed by atoms with Crippen LogP contribution in [0, 0.1) is 0 Å². The number of imidazole rings is 1. The van der Waals surface area contributed by atoms with Gasteiger partial charge in [0.2, 0.25) is 0 Å². The van der Waals surface area contributed by atoms with Crippen LogP contribution in [0.25, 0.3) is 5.82 Å². The molecule has 3 aromatic heterocycles. The lowest BCUT2D eigenvalue weighted by Crippen LogP contribution is -2.15. The van der Waals surface area contributed by atoms with Gasteiger partial charge in [0.25, 0.3) is 5.91 Å². The second-order valence-electron chi connectivity index (χ2n) is 5.91. The topological polar surface area (TPSA) is 86.9 Å². The van der Waals surface area contributed by atoms with Crippen molar-refractivity contribution in [3.8, 4) is 5.82 Å². The predicted octanol–water partition coefficient (Wildman–Crippen LogP) is 1.90. The molecular weight excluding hydrogens is 320 g/mol. The first kappa shape index (κ1) is 15.5. The number of carbonyl (C=O) groups is 1. The number of carbonyl (C=O) groups excluding carboxylic acids is 1. The Kier molecular flexibility index (Phi) is 4.26. The van der Waals surface area contributed by atoms with Crippen LogP contribution in [0.5, 0.6) is 0 Å². The summed E-state index contributed by atoms with van der Waals surface area (Å²) in [4.78, 5) is 20.7. The molecule has 0 aromatic carbocycles. The van der Waals surface area contributed by atoms with E-state index in [1.54, 1.807) is 52.5 Å². The lowest BCUT2D eigenvalue weighted by molar-refractivity contribution is 0.0940. The first-order chi connectivity index (χ1) is 12.3. The molecule has 4 heterocycles. The largest absolute Gasteiger partial charge is 0.376 e. The first-order valence-corrected chi connectivity index (χ1v) is 8.18. The average molecular weight is 338 g/mol. The Hall–Kier alpha value is -3.00. The molecule has 0 spiro atoms. The van der Waals surface area contributed by atoms with Crippen LogP contribution < -0.4 is 5.32 Å². The van der Waals surface area contributed by atoms with Gasteiger partial charge in [-0.3, -0.25) is 14.0 Å². The quantitative estimate of drug-likeness (QED) is 0.768. The standard InChI is InChI=1S/C17H18N6O2/c24-17(13-3-4-19-16(8-13)22-6-5-18-12-22)21-14-9-20-23(10-14)11-15-2-1-7-25-15/h3-6,8-10,12,15H,1-2,7,11H2,(H,21,24). The molecule has 0 radical (unpaired) electrons. The number of nitrogens with zero attached hydrogens (tertiary/aromatic N) is 5. The van der Waals surface area contributed by atoms with E-state index < -0.39 is 0 Å². The van der Waals surface area contributed by atoms with Crippen molar-refractivity contribution < 1.29 is 9.53 Å². The molecule has 1 unspecified atom stereocenters. The summed E-state index contributed by atoms with van der Waals surface area (Å²) in [6.07, 6.45) is 12.5. The minimum Gasteiger partial charge on any atom is -0.376 e. The van der Waals surface area contributed by atoms with Gasteiger partial charge >= 0.3 is 0 Å². The van der Waals surface area contributed by atoms with E-state index in [1.165, 1.54) is 0 Å². The lowest BCUT2D eigenvalue weighted by atomic mass is 10.2. The zero-order valence-electron chi connectivity index (χ0n) is 13.6. The zero-order valence-corrected chi connectivity index (χ0v) is 13.6. The Morgan fingerprint density at radius 2 is 2.36 bits per heavy atom. The Labute approximate surface area is 144 Å². The number of pyridine rings is 1. The Morgan fingerprint density at radius 1 is 1.40 bits per heavy atom. The van der Waals surface area contributed by atoms with E-state index in [9.17, 15) is 4.79 Å². The van der Waals surface area contributed by atoms with Crippen LogP contribution in [0.1, 0.15) is 23.2 Å². The molecule has 3 aromatic rings.